The van der Waals surface area contributed by atoms with Crippen molar-refractivity contribution in [1.82, 2.24) is 0 Å². The third-order valence-electron chi connectivity index (χ3n) is 5.81. The first-order valence-electron chi connectivity index (χ1n) is 8.49. The molecule has 0 spiro atoms. The van der Waals surface area contributed by atoms with Crippen LogP contribution in [0.2, 0.25) is 0 Å². The number of carbonyl (C=O) groups excluding carboxylic acids is 2. The lowest BCUT2D eigenvalue weighted by Gasteiger charge is -2.23. The Hall–Kier alpha value is -0.230. The Bertz CT molecular complexity index is 343. The largest absolute Gasteiger partial charge is 0.300 e. The highest BCUT2D eigenvalue weighted by molar-refractivity contribution is 7.40. The SMILES string of the molecule is O=C1CPC2CCCC2CC(=O)CCC2CCCC2C1. The molecule has 0 radical (unpaired) electrons. The first kappa shape index (κ1) is 14.7. The maximum Gasteiger partial charge on any atom is 0.137 e. The molecule has 1 saturated heterocycles. The topological polar surface area (TPSA) is 34.1 Å². The summed E-state index contributed by atoms with van der Waals surface area (Å²) in [6.07, 6.45) is 11.8. The molecule has 0 N–H and O–H groups in total. The molecule has 5 unspecified atom stereocenters. The van der Waals surface area contributed by atoms with Gasteiger partial charge in [0.25, 0.3) is 0 Å². The van der Waals surface area contributed by atoms with Gasteiger partial charge in [0, 0.05) is 25.4 Å². The van der Waals surface area contributed by atoms with Crippen molar-refractivity contribution in [2.75, 3.05) is 6.16 Å². The van der Waals surface area contributed by atoms with Gasteiger partial charge in [0.15, 0.2) is 0 Å². The van der Waals surface area contributed by atoms with E-state index in [-0.39, 0.29) is 0 Å². The second kappa shape index (κ2) is 6.69. The fourth-order valence-corrected chi connectivity index (χ4v) is 6.32. The van der Waals surface area contributed by atoms with E-state index in [9.17, 15) is 9.59 Å². The third-order valence-corrected chi connectivity index (χ3v) is 7.69. The van der Waals surface area contributed by atoms with E-state index in [2.05, 4.69) is 0 Å². The number of fused-ring (bicyclic) bond motifs is 2. The summed E-state index contributed by atoms with van der Waals surface area (Å²) in [6.45, 7) is 0. The molecular formula is C17H27O2P. The van der Waals surface area contributed by atoms with Crippen LogP contribution >= 0.6 is 8.58 Å². The molecule has 3 fully saturated rings. The Morgan fingerprint density at radius 3 is 2.35 bits per heavy atom. The van der Waals surface area contributed by atoms with Crippen molar-refractivity contribution >= 4 is 20.1 Å². The Balaban J connectivity index is 1.67. The average Bonchev–Trinajstić information content (AvgIpc) is 3.02. The highest BCUT2D eigenvalue weighted by atomic mass is 31.1. The van der Waals surface area contributed by atoms with Crippen LogP contribution in [0, 0.1) is 17.8 Å². The van der Waals surface area contributed by atoms with Gasteiger partial charge in [-0.05, 0) is 49.1 Å². The highest BCUT2D eigenvalue weighted by Crippen LogP contribution is 2.43. The summed E-state index contributed by atoms with van der Waals surface area (Å²) in [5, 5.41) is 0. The van der Waals surface area contributed by atoms with Crippen LogP contribution in [0.15, 0.2) is 0 Å². The van der Waals surface area contributed by atoms with E-state index < -0.39 is 0 Å². The molecule has 2 nitrogen and oxygen atoms in total. The second-order valence-electron chi connectivity index (χ2n) is 7.15. The van der Waals surface area contributed by atoms with Crippen LogP contribution < -0.4 is 0 Å². The van der Waals surface area contributed by atoms with E-state index in [0.717, 1.165) is 40.4 Å². The molecule has 112 valence electrons. The van der Waals surface area contributed by atoms with E-state index in [1.54, 1.807) is 0 Å². The maximum absolute atomic E-state index is 12.2. The number of carbonyl (C=O) groups is 2. The maximum atomic E-state index is 12.2. The van der Waals surface area contributed by atoms with Crippen LogP contribution in [0.1, 0.15) is 64.2 Å². The summed E-state index contributed by atoms with van der Waals surface area (Å²) >= 11 is 0. The Morgan fingerprint density at radius 1 is 0.750 bits per heavy atom. The number of Topliss-reactive ketones (excluding diaryl/α,β-unsaturated/α-hetero) is 2. The van der Waals surface area contributed by atoms with Gasteiger partial charge in [-0.15, -0.1) is 8.58 Å². The van der Waals surface area contributed by atoms with Crippen molar-refractivity contribution in [2.45, 2.75) is 69.9 Å². The highest BCUT2D eigenvalue weighted by Gasteiger charge is 2.33. The lowest BCUT2D eigenvalue weighted by Crippen LogP contribution is -2.20. The Labute approximate surface area is 124 Å². The molecule has 5 atom stereocenters. The van der Waals surface area contributed by atoms with Crippen molar-refractivity contribution in [3.63, 3.8) is 0 Å². The predicted octanol–water partition coefficient (Wildman–Crippen LogP) is 3.96. The normalized spacial score (nSPS) is 41.0. The standard InChI is InChI=1S/C17H27O2P/c18-15-8-7-12-3-1-4-13(12)9-16(19)11-20-17-6-2-5-14(17)10-15/h12-14,17,20H,1-11H2. The molecule has 3 rings (SSSR count). The second-order valence-corrected chi connectivity index (χ2v) is 8.66. The quantitative estimate of drug-likeness (QED) is 0.634. The molecule has 2 saturated carbocycles. The molecule has 20 heavy (non-hydrogen) atoms. The van der Waals surface area contributed by atoms with Crippen molar-refractivity contribution < 1.29 is 9.59 Å². The van der Waals surface area contributed by atoms with Gasteiger partial charge in [-0.1, -0.05) is 19.3 Å². The molecular weight excluding hydrogens is 267 g/mol. The van der Waals surface area contributed by atoms with Crippen molar-refractivity contribution in [2.24, 2.45) is 17.8 Å². The summed E-state index contributed by atoms with van der Waals surface area (Å²) in [5.74, 6) is 2.87. The van der Waals surface area contributed by atoms with Gasteiger partial charge in [0.1, 0.15) is 11.6 Å². The van der Waals surface area contributed by atoms with Gasteiger partial charge < -0.3 is 0 Å². The van der Waals surface area contributed by atoms with Gasteiger partial charge in [-0.25, -0.2) is 0 Å². The number of rotatable bonds is 0. The molecule has 3 aliphatic rings. The zero-order valence-electron chi connectivity index (χ0n) is 12.4. The summed E-state index contributed by atoms with van der Waals surface area (Å²) in [7, 11) is 0.783. The van der Waals surface area contributed by atoms with Crippen LogP contribution in [-0.2, 0) is 9.59 Å². The van der Waals surface area contributed by atoms with E-state index in [1.807, 2.05) is 0 Å². The molecule has 3 heteroatoms. The van der Waals surface area contributed by atoms with E-state index in [4.69, 9.17) is 0 Å². The Morgan fingerprint density at radius 2 is 1.45 bits per heavy atom. The van der Waals surface area contributed by atoms with Crippen LogP contribution in [0.3, 0.4) is 0 Å². The summed E-state index contributed by atoms with van der Waals surface area (Å²) in [5.41, 5.74) is 0.682. The zero-order valence-corrected chi connectivity index (χ0v) is 13.4. The molecule has 2 aliphatic carbocycles. The van der Waals surface area contributed by atoms with Gasteiger partial charge in [0.2, 0.25) is 0 Å². The third kappa shape index (κ3) is 3.50. The van der Waals surface area contributed by atoms with Crippen molar-refractivity contribution in [1.29, 1.82) is 0 Å². The first-order chi connectivity index (χ1) is 9.72. The van der Waals surface area contributed by atoms with Gasteiger partial charge >= 0.3 is 0 Å². The van der Waals surface area contributed by atoms with Gasteiger partial charge in [-0.3, -0.25) is 9.59 Å². The number of ketones is 2. The number of hydrogen-bond donors (Lipinski definition) is 0. The van der Waals surface area contributed by atoms with Crippen molar-refractivity contribution in [3.8, 4) is 0 Å². The monoisotopic (exact) mass is 294 g/mol. The van der Waals surface area contributed by atoms with Gasteiger partial charge in [-0.2, -0.15) is 0 Å². The lowest BCUT2D eigenvalue weighted by atomic mass is 9.86. The predicted molar refractivity (Wildman–Crippen MR) is 83.6 cm³/mol. The zero-order chi connectivity index (χ0) is 13.9. The van der Waals surface area contributed by atoms with Gasteiger partial charge in [0.05, 0.1) is 0 Å². The summed E-state index contributed by atoms with van der Waals surface area (Å²) < 4.78 is 0. The van der Waals surface area contributed by atoms with Crippen molar-refractivity contribution in [3.05, 3.63) is 0 Å². The smallest absolute Gasteiger partial charge is 0.137 e. The molecule has 0 aromatic carbocycles. The minimum atomic E-state index is 0.504. The number of hydrogen-bond acceptors (Lipinski definition) is 2. The lowest BCUT2D eigenvalue weighted by molar-refractivity contribution is -0.120. The fourth-order valence-electron chi connectivity index (χ4n) is 4.66. The molecule has 0 amide bonds. The molecule has 0 aromatic rings. The minimum Gasteiger partial charge on any atom is -0.300 e. The Kier molecular flexibility index (Phi) is 4.91. The molecule has 0 aromatic heterocycles. The van der Waals surface area contributed by atoms with E-state index in [1.165, 1.54) is 38.5 Å². The van der Waals surface area contributed by atoms with Crippen LogP contribution in [0.25, 0.3) is 0 Å². The van der Waals surface area contributed by atoms with E-state index >= 15 is 0 Å². The molecule has 1 heterocycles. The molecule has 0 bridgehead atoms. The summed E-state index contributed by atoms with van der Waals surface area (Å²) in [4.78, 5) is 24.5. The minimum absolute atomic E-state index is 0.504. The van der Waals surface area contributed by atoms with Crippen LogP contribution in [-0.4, -0.2) is 23.4 Å². The van der Waals surface area contributed by atoms with E-state index in [0.29, 0.717) is 35.0 Å². The summed E-state index contributed by atoms with van der Waals surface area (Å²) in [6, 6.07) is 0. The average molecular weight is 294 g/mol. The molecule has 1 aliphatic heterocycles. The van der Waals surface area contributed by atoms with Crippen LogP contribution in [0.4, 0.5) is 0 Å². The first-order valence-corrected chi connectivity index (χ1v) is 9.77. The van der Waals surface area contributed by atoms with Crippen LogP contribution in [0.5, 0.6) is 0 Å². The fraction of sp³-hybridized carbons (Fsp3) is 0.882.